The van der Waals surface area contributed by atoms with Gasteiger partial charge in [0, 0.05) is 27.5 Å². The third-order valence-corrected chi connectivity index (χ3v) is 10.5. The van der Waals surface area contributed by atoms with Crippen LogP contribution in [0.1, 0.15) is 36.8 Å². The molecular weight excluding hydrogens is 609 g/mol. The number of para-hydroxylation sites is 2. The highest BCUT2D eigenvalue weighted by Gasteiger charge is 2.26. The molecule has 2 heterocycles. The normalized spacial score (nSPS) is 13.9. The molecule has 0 saturated carbocycles. The lowest BCUT2D eigenvalue weighted by atomic mass is 9.92. The van der Waals surface area contributed by atoms with Crippen molar-refractivity contribution in [3.63, 3.8) is 0 Å². The van der Waals surface area contributed by atoms with Crippen LogP contribution in [0, 0.1) is 0 Å². The van der Waals surface area contributed by atoms with E-state index >= 15 is 0 Å². The van der Waals surface area contributed by atoms with Crippen LogP contribution in [-0.4, -0.2) is 19.5 Å². The molecule has 0 spiro atoms. The van der Waals surface area contributed by atoms with Gasteiger partial charge in [-0.1, -0.05) is 121 Å². The fourth-order valence-corrected chi connectivity index (χ4v) is 8.11. The Hall–Kier alpha value is -6.13. The van der Waals surface area contributed by atoms with Crippen molar-refractivity contribution in [3.8, 4) is 51.0 Å². The molecule has 0 atom stereocenters. The zero-order valence-electron chi connectivity index (χ0n) is 27.7. The molecule has 0 bridgehead atoms. The molecule has 0 aliphatic heterocycles. The summed E-state index contributed by atoms with van der Waals surface area (Å²) in [6.07, 6.45) is 6.11. The number of aromatic nitrogens is 4. The van der Waals surface area contributed by atoms with Crippen LogP contribution in [0.5, 0.6) is 0 Å². The molecule has 6 aromatic carbocycles. The maximum absolute atomic E-state index is 5.20. The van der Waals surface area contributed by atoms with Crippen LogP contribution in [0.2, 0.25) is 0 Å². The summed E-state index contributed by atoms with van der Waals surface area (Å²) in [5.41, 5.74) is 14.9. The SMILES string of the molecule is c1ccc(-c2ccc(-c3nc(-c4ccccc4)nc(-c4ccccc4-n4c5ccccc5c5cc6c(cc54)C4=C(CCCC4)C6)n3)cc2)cc1. The fraction of sp³-hybridized carbons (Fsp3) is 0.109. The molecule has 0 N–H and O–H groups in total. The van der Waals surface area contributed by atoms with Gasteiger partial charge in [0.05, 0.1) is 16.7 Å². The van der Waals surface area contributed by atoms with Gasteiger partial charge in [0.15, 0.2) is 17.5 Å². The van der Waals surface area contributed by atoms with Crippen molar-refractivity contribution in [2.24, 2.45) is 0 Å². The predicted molar refractivity (Wildman–Crippen MR) is 205 cm³/mol. The molecule has 0 fully saturated rings. The van der Waals surface area contributed by atoms with Gasteiger partial charge >= 0.3 is 0 Å². The highest BCUT2D eigenvalue weighted by molar-refractivity contribution is 6.11. The molecule has 2 aromatic heterocycles. The van der Waals surface area contributed by atoms with E-state index in [1.165, 1.54) is 64.2 Å². The minimum atomic E-state index is 0.653. The van der Waals surface area contributed by atoms with E-state index in [0.29, 0.717) is 17.5 Å². The van der Waals surface area contributed by atoms with E-state index in [1.807, 2.05) is 24.3 Å². The van der Waals surface area contributed by atoms with Crippen molar-refractivity contribution in [1.82, 2.24) is 19.5 Å². The Bertz CT molecular complexity index is 2600. The smallest absolute Gasteiger partial charge is 0.166 e. The van der Waals surface area contributed by atoms with Gasteiger partial charge in [-0.05, 0) is 90.3 Å². The Balaban J connectivity index is 1.18. The number of hydrogen-bond donors (Lipinski definition) is 0. The molecule has 0 unspecified atom stereocenters. The Morgan fingerprint density at radius 1 is 0.440 bits per heavy atom. The number of nitrogens with zero attached hydrogens (tertiary/aromatic N) is 4. The van der Waals surface area contributed by atoms with E-state index in [4.69, 9.17) is 15.0 Å². The van der Waals surface area contributed by atoms with E-state index in [9.17, 15) is 0 Å². The highest BCUT2D eigenvalue weighted by Crippen LogP contribution is 2.45. The fourth-order valence-electron chi connectivity index (χ4n) is 8.11. The largest absolute Gasteiger partial charge is 0.308 e. The quantitative estimate of drug-likeness (QED) is 0.188. The van der Waals surface area contributed by atoms with Gasteiger partial charge in [0.1, 0.15) is 0 Å². The van der Waals surface area contributed by atoms with Gasteiger partial charge in [0.2, 0.25) is 0 Å². The zero-order chi connectivity index (χ0) is 33.0. The monoisotopic (exact) mass is 642 g/mol. The molecule has 2 aliphatic rings. The van der Waals surface area contributed by atoms with E-state index < -0.39 is 0 Å². The average molecular weight is 643 g/mol. The number of allylic oxidation sites excluding steroid dienone is 2. The first-order valence-corrected chi connectivity index (χ1v) is 17.6. The standard InChI is InChI=1S/C46H34N4/c1-3-13-30(14-4-1)31-23-25-33(26-24-31)45-47-44(32-15-5-2-6-16-32)48-46(49-45)38-20-10-12-22-42(38)50-41-21-11-9-19-37(41)40-28-35-27-34-17-7-8-18-36(34)39(35)29-43(40)50/h1-6,9-16,19-26,28-29H,7-8,17-18,27H2. The van der Waals surface area contributed by atoms with Crippen LogP contribution in [0.25, 0.3) is 78.4 Å². The van der Waals surface area contributed by atoms with Crippen LogP contribution in [-0.2, 0) is 6.42 Å². The molecule has 0 amide bonds. The van der Waals surface area contributed by atoms with Gasteiger partial charge < -0.3 is 4.57 Å². The first kappa shape index (κ1) is 28.8. The third-order valence-electron chi connectivity index (χ3n) is 10.5. The summed E-state index contributed by atoms with van der Waals surface area (Å²) in [5.74, 6) is 1.96. The van der Waals surface area contributed by atoms with Crippen molar-refractivity contribution >= 4 is 27.4 Å². The molecule has 50 heavy (non-hydrogen) atoms. The first-order valence-electron chi connectivity index (χ1n) is 17.6. The maximum atomic E-state index is 5.20. The van der Waals surface area contributed by atoms with Gasteiger partial charge in [-0.25, -0.2) is 15.0 Å². The second-order valence-electron chi connectivity index (χ2n) is 13.5. The van der Waals surface area contributed by atoms with Crippen LogP contribution in [0.15, 0.2) is 151 Å². The number of rotatable bonds is 5. The van der Waals surface area contributed by atoms with Crippen LogP contribution >= 0.6 is 0 Å². The first-order chi connectivity index (χ1) is 24.8. The van der Waals surface area contributed by atoms with Crippen molar-refractivity contribution in [2.75, 3.05) is 0 Å². The summed E-state index contributed by atoms with van der Waals surface area (Å²) < 4.78 is 2.43. The molecule has 2 aliphatic carbocycles. The molecule has 0 saturated heterocycles. The molecule has 10 rings (SSSR count). The lowest BCUT2D eigenvalue weighted by molar-refractivity contribution is 0.711. The summed E-state index contributed by atoms with van der Waals surface area (Å²) in [7, 11) is 0. The summed E-state index contributed by atoms with van der Waals surface area (Å²) >= 11 is 0. The second kappa shape index (κ2) is 11.8. The zero-order valence-corrected chi connectivity index (χ0v) is 27.7. The molecule has 0 radical (unpaired) electrons. The van der Waals surface area contributed by atoms with Crippen molar-refractivity contribution in [1.29, 1.82) is 0 Å². The average Bonchev–Trinajstić information content (AvgIpc) is 3.72. The molecular formula is C46H34N4. The van der Waals surface area contributed by atoms with E-state index in [-0.39, 0.29) is 0 Å². The van der Waals surface area contributed by atoms with Crippen molar-refractivity contribution in [3.05, 3.63) is 162 Å². The Kier molecular flexibility index (Phi) is 6.80. The third kappa shape index (κ3) is 4.79. The van der Waals surface area contributed by atoms with E-state index in [2.05, 4.69) is 126 Å². The number of hydrogen-bond acceptors (Lipinski definition) is 3. The van der Waals surface area contributed by atoms with Crippen molar-refractivity contribution < 1.29 is 0 Å². The van der Waals surface area contributed by atoms with Crippen LogP contribution < -0.4 is 0 Å². The van der Waals surface area contributed by atoms with Crippen molar-refractivity contribution in [2.45, 2.75) is 32.1 Å². The lowest BCUT2D eigenvalue weighted by Crippen LogP contribution is -2.03. The molecule has 238 valence electrons. The topological polar surface area (TPSA) is 43.6 Å². The van der Waals surface area contributed by atoms with E-state index in [1.54, 1.807) is 11.1 Å². The Labute approximate surface area is 291 Å². The predicted octanol–water partition coefficient (Wildman–Crippen LogP) is 11.5. The number of benzene rings is 6. The number of fused-ring (bicyclic) bond motifs is 5. The molecule has 4 nitrogen and oxygen atoms in total. The van der Waals surface area contributed by atoms with E-state index in [0.717, 1.165) is 34.4 Å². The van der Waals surface area contributed by atoms with Gasteiger partial charge in [-0.15, -0.1) is 0 Å². The lowest BCUT2D eigenvalue weighted by Gasteiger charge is -2.16. The minimum absolute atomic E-state index is 0.653. The summed E-state index contributed by atoms with van der Waals surface area (Å²) in [6.45, 7) is 0. The maximum Gasteiger partial charge on any atom is 0.166 e. The van der Waals surface area contributed by atoms with Gasteiger partial charge in [-0.2, -0.15) is 0 Å². The van der Waals surface area contributed by atoms with Crippen LogP contribution in [0.4, 0.5) is 0 Å². The van der Waals surface area contributed by atoms with Gasteiger partial charge in [0.25, 0.3) is 0 Å². The minimum Gasteiger partial charge on any atom is -0.308 e. The Morgan fingerprint density at radius 3 is 1.84 bits per heavy atom. The second-order valence-corrected chi connectivity index (χ2v) is 13.5. The Morgan fingerprint density at radius 2 is 1.04 bits per heavy atom. The van der Waals surface area contributed by atoms with Crippen LogP contribution in [0.3, 0.4) is 0 Å². The summed E-state index contributed by atoms with van der Waals surface area (Å²) in [5, 5.41) is 2.57. The summed E-state index contributed by atoms with van der Waals surface area (Å²) in [4.78, 5) is 15.4. The summed E-state index contributed by atoms with van der Waals surface area (Å²) in [6, 6.07) is 51.5. The molecule has 8 aromatic rings. The van der Waals surface area contributed by atoms with Gasteiger partial charge in [-0.3, -0.25) is 0 Å². The molecule has 4 heteroatoms. The highest BCUT2D eigenvalue weighted by atomic mass is 15.1.